The summed E-state index contributed by atoms with van der Waals surface area (Å²) < 4.78 is 4.01. The first-order chi connectivity index (χ1) is 37.3. The van der Waals surface area contributed by atoms with Gasteiger partial charge in [-0.1, -0.05) is 146 Å². The van der Waals surface area contributed by atoms with Gasteiger partial charge in [-0.25, -0.2) is 9.97 Å². The van der Waals surface area contributed by atoms with Crippen molar-refractivity contribution in [1.82, 2.24) is 18.8 Å². The lowest BCUT2D eigenvalue weighted by Gasteiger charge is -2.19. The van der Waals surface area contributed by atoms with E-state index in [2.05, 4.69) is 0 Å². The Morgan fingerprint density at radius 2 is 0.500 bits per heavy atom. The molecule has 0 bridgehead atoms. The fourth-order valence-electron chi connectivity index (χ4n) is 11.6. The van der Waals surface area contributed by atoms with E-state index in [1.807, 2.05) is 233 Å². The van der Waals surface area contributed by atoms with Crippen molar-refractivity contribution >= 4 is 76.2 Å². The molecule has 0 fully saturated rings. The first-order valence-corrected chi connectivity index (χ1v) is 25.1. The topological polar surface area (TPSA) is 103 Å². The summed E-state index contributed by atoms with van der Waals surface area (Å²) in [6, 6.07) is 73.9. The summed E-state index contributed by atoms with van der Waals surface area (Å²) >= 11 is 0. The van der Waals surface area contributed by atoms with E-state index < -0.39 is 0 Å². The molecule has 0 unspecified atom stereocenters. The van der Waals surface area contributed by atoms with Gasteiger partial charge in [-0.3, -0.25) is 19.2 Å². The Morgan fingerprint density at radius 1 is 0.224 bits per heavy atom. The molecule has 0 amide bonds. The maximum atomic E-state index is 15.6. The number of rotatable bonds is 6. The molecule has 9 aromatic carbocycles. The van der Waals surface area contributed by atoms with E-state index >= 15 is 9.59 Å². The second-order valence-corrected chi connectivity index (χ2v) is 19.5. The quantitative estimate of drug-likeness (QED) is 0.121. The Hall–Kier alpha value is -10.4. The Labute approximate surface area is 431 Å². The van der Waals surface area contributed by atoms with Gasteiger partial charge in [-0.05, 0) is 107 Å². The van der Waals surface area contributed by atoms with Crippen LogP contribution in [0.25, 0.3) is 143 Å². The fourth-order valence-corrected chi connectivity index (χ4v) is 11.6. The second-order valence-electron chi connectivity index (χ2n) is 19.5. The molecule has 0 aliphatic carbocycles. The molecule has 15 aromatic rings. The molecule has 0 spiro atoms. The van der Waals surface area contributed by atoms with Crippen LogP contribution in [0.2, 0.25) is 0 Å². The minimum Gasteiger partial charge on any atom is -0.307 e. The van der Waals surface area contributed by atoms with E-state index in [4.69, 9.17) is 9.97 Å². The van der Waals surface area contributed by atoms with E-state index in [-0.39, 0.29) is 21.7 Å². The van der Waals surface area contributed by atoms with Crippen molar-refractivity contribution in [1.29, 1.82) is 0 Å². The zero-order chi connectivity index (χ0) is 50.8. The van der Waals surface area contributed by atoms with Gasteiger partial charge >= 0.3 is 0 Å². The molecular weight excluding hydrogens is 937 g/mol. The summed E-state index contributed by atoms with van der Waals surface area (Å²) in [5, 5.41) is 3.03. The standard InChI is InChI=1S/C68H38N4O4/c73-65-47-25-13-15-27-59(47)71-61-38-62-50(37-49(61)67(75)53-31-43(29-51(65)63(53)71)45-33-55(39-17-5-1-6-18-39)69-56(34-45)40-19-7-2-8-20-40)68(76)54-32-44(30-52-64(54)72(62)60-28-16-14-26-48(60)66(52)74)46-35-57(41-21-9-3-10-22-41)70-58(36-46)42-23-11-4-12-24-42/h1-38H. The van der Waals surface area contributed by atoms with Crippen LogP contribution in [0.1, 0.15) is 0 Å². The van der Waals surface area contributed by atoms with Crippen LogP contribution in [-0.2, 0) is 0 Å². The van der Waals surface area contributed by atoms with Crippen molar-refractivity contribution in [2.75, 3.05) is 0 Å². The summed E-state index contributed by atoms with van der Waals surface area (Å²) in [6.07, 6.45) is 0. The van der Waals surface area contributed by atoms with Crippen molar-refractivity contribution in [2.45, 2.75) is 0 Å². The normalized spacial score (nSPS) is 11.9. The molecule has 0 atom stereocenters. The molecule has 15 rings (SSSR count). The Morgan fingerprint density at radius 3 is 0.829 bits per heavy atom. The predicted octanol–water partition coefficient (Wildman–Crippen LogP) is 14.2. The predicted molar refractivity (Wildman–Crippen MR) is 309 cm³/mol. The molecule has 76 heavy (non-hydrogen) atoms. The molecule has 0 aliphatic heterocycles. The first-order valence-electron chi connectivity index (χ1n) is 25.1. The van der Waals surface area contributed by atoms with Crippen molar-refractivity contribution < 1.29 is 0 Å². The molecule has 6 aromatic heterocycles. The molecule has 8 nitrogen and oxygen atoms in total. The van der Waals surface area contributed by atoms with E-state index in [0.29, 0.717) is 87.3 Å². The molecule has 354 valence electrons. The Kier molecular flexibility index (Phi) is 9.40. The maximum Gasteiger partial charge on any atom is 0.197 e. The highest BCUT2D eigenvalue weighted by Gasteiger charge is 2.24. The van der Waals surface area contributed by atoms with Crippen molar-refractivity contribution in [3.05, 3.63) is 271 Å². The third kappa shape index (κ3) is 6.50. The molecule has 8 heteroatoms. The van der Waals surface area contributed by atoms with Crippen LogP contribution < -0.4 is 21.7 Å². The van der Waals surface area contributed by atoms with Gasteiger partial charge in [0.15, 0.2) is 21.7 Å². The van der Waals surface area contributed by atoms with Crippen LogP contribution in [0, 0.1) is 0 Å². The highest BCUT2D eigenvalue weighted by molar-refractivity contribution is 6.15. The van der Waals surface area contributed by atoms with Crippen molar-refractivity contribution in [3.63, 3.8) is 0 Å². The Bertz CT molecular complexity index is 4740. The second kappa shape index (κ2) is 16.5. The zero-order valence-electron chi connectivity index (χ0n) is 40.4. The molecule has 6 heterocycles. The molecule has 0 N–H and O–H groups in total. The number of nitrogens with zero attached hydrogens (tertiary/aromatic N) is 4. The number of aromatic nitrogens is 4. The van der Waals surface area contributed by atoms with E-state index in [0.717, 1.165) is 56.2 Å². The summed E-state index contributed by atoms with van der Waals surface area (Å²) in [4.78, 5) is 71.3. The maximum absolute atomic E-state index is 15.6. The fraction of sp³-hybridized carbons (Fsp3) is 0. The van der Waals surface area contributed by atoms with Crippen LogP contribution in [0.5, 0.6) is 0 Å². The third-order valence-corrected chi connectivity index (χ3v) is 15.1. The molecular formula is C68H38N4O4. The zero-order valence-corrected chi connectivity index (χ0v) is 40.4. The van der Waals surface area contributed by atoms with Gasteiger partial charge in [0, 0.05) is 65.3 Å². The summed E-state index contributed by atoms with van der Waals surface area (Å²) in [5.74, 6) is 0. The van der Waals surface area contributed by atoms with Crippen molar-refractivity contribution in [3.8, 4) is 67.3 Å². The van der Waals surface area contributed by atoms with Gasteiger partial charge in [0.2, 0.25) is 0 Å². The molecule has 0 saturated heterocycles. The number of hydrogen-bond donors (Lipinski definition) is 0. The summed E-state index contributed by atoms with van der Waals surface area (Å²) in [7, 11) is 0. The van der Waals surface area contributed by atoms with Crippen molar-refractivity contribution in [2.24, 2.45) is 0 Å². The van der Waals surface area contributed by atoms with Gasteiger partial charge in [-0.2, -0.15) is 0 Å². The average Bonchev–Trinajstić information content (AvgIpc) is 3.68. The monoisotopic (exact) mass is 974 g/mol. The van der Waals surface area contributed by atoms with Gasteiger partial charge in [0.1, 0.15) is 0 Å². The minimum atomic E-state index is -0.319. The third-order valence-electron chi connectivity index (χ3n) is 15.1. The Balaban J connectivity index is 1.05. The highest BCUT2D eigenvalue weighted by atomic mass is 16.1. The number of fused-ring (bicyclic) bond motifs is 8. The van der Waals surface area contributed by atoms with Crippen LogP contribution in [0.3, 0.4) is 0 Å². The van der Waals surface area contributed by atoms with Crippen LogP contribution >= 0.6 is 0 Å². The van der Waals surface area contributed by atoms with Gasteiger partial charge < -0.3 is 8.80 Å². The molecule has 0 aliphatic rings. The number of pyridine rings is 6. The number of hydrogen-bond acceptors (Lipinski definition) is 6. The average molecular weight is 975 g/mol. The lowest BCUT2D eigenvalue weighted by atomic mass is 9.94. The van der Waals surface area contributed by atoms with E-state index in [9.17, 15) is 9.59 Å². The minimum absolute atomic E-state index is 0.200. The summed E-state index contributed by atoms with van der Waals surface area (Å²) in [5.41, 5.74) is 11.8. The van der Waals surface area contributed by atoms with Crippen LogP contribution in [0.15, 0.2) is 250 Å². The lowest BCUT2D eigenvalue weighted by molar-refractivity contribution is 1.28. The van der Waals surface area contributed by atoms with Gasteiger partial charge in [-0.15, -0.1) is 0 Å². The molecule has 0 radical (unpaired) electrons. The van der Waals surface area contributed by atoms with E-state index in [1.165, 1.54) is 0 Å². The smallest absolute Gasteiger partial charge is 0.197 e. The van der Waals surface area contributed by atoms with Crippen LogP contribution in [-0.4, -0.2) is 18.8 Å². The highest BCUT2D eigenvalue weighted by Crippen LogP contribution is 2.38. The SMILES string of the molecule is O=c1c2ccccc2n2c3cc4c(cc3c(=O)c3cc(-c5cc(-c6ccccc6)nc(-c6ccccc6)c5)cc1c32)c(=O)c1cc(-c2cc(-c3ccccc3)nc(-c3ccccc3)c2)cc2c(=O)c3ccccc3n4c21. The lowest BCUT2D eigenvalue weighted by Crippen LogP contribution is -2.17. The van der Waals surface area contributed by atoms with Crippen LogP contribution in [0.4, 0.5) is 0 Å². The summed E-state index contributed by atoms with van der Waals surface area (Å²) in [6.45, 7) is 0. The molecule has 0 saturated carbocycles. The number of benzene rings is 9. The first kappa shape index (κ1) is 43.2. The number of para-hydroxylation sites is 2. The largest absolute Gasteiger partial charge is 0.307 e. The van der Waals surface area contributed by atoms with Gasteiger partial charge in [0.25, 0.3) is 0 Å². The van der Waals surface area contributed by atoms with E-state index in [1.54, 1.807) is 6.07 Å². The van der Waals surface area contributed by atoms with Gasteiger partial charge in [0.05, 0.1) is 55.9 Å².